The van der Waals surface area contributed by atoms with Crippen molar-refractivity contribution in [2.24, 2.45) is 0 Å². The number of rotatable bonds is 0. The second kappa shape index (κ2) is 5.03. The maximum absolute atomic E-state index is 2.76. The molecule has 6 heavy (non-hydrogen) atoms. The lowest BCUT2D eigenvalue weighted by atomic mass is 10.6. The molecule has 0 bridgehead atoms. The van der Waals surface area contributed by atoms with Gasteiger partial charge in [0.25, 0.3) is 0 Å². The van der Waals surface area contributed by atoms with E-state index < -0.39 is 0 Å². The number of halogens is 1. The standard InChI is InChI=1S/C5H5I/c1-2-3-4-5-6/h4-5H,1H3/b5-4+. The van der Waals surface area contributed by atoms with Crippen LogP contribution in [0.2, 0.25) is 0 Å². The van der Waals surface area contributed by atoms with Crippen LogP contribution in [0.15, 0.2) is 10.2 Å². The first-order chi connectivity index (χ1) is 2.91. The van der Waals surface area contributed by atoms with Gasteiger partial charge in [-0.15, -0.1) is 5.92 Å². The van der Waals surface area contributed by atoms with Gasteiger partial charge in [-0.25, -0.2) is 0 Å². The van der Waals surface area contributed by atoms with Crippen LogP contribution in [0.25, 0.3) is 0 Å². The Balaban J connectivity index is 3.24. The van der Waals surface area contributed by atoms with Crippen LogP contribution >= 0.6 is 22.6 Å². The van der Waals surface area contributed by atoms with E-state index in [2.05, 4.69) is 34.4 Å². The molecule has 0 aliphatic carbocycles. The highest BCUT2D eigenvalue weighted by atomic mass is 127. The molecule has 0 rings (SSSR count). The van der Waals surface area contributed by atoms with E-state index in [0.29, 0.717) is 0 Å². The van der Waals surface area contributed by atoms with Crippen molar-refractivity contribution >= 4 is 22.6 Å². The smallest absolute Gasteiger partial charge is 0.00235 e. The van der Waals surface area contributed by atoms with Crippen LogP contribution in [0.3, 0.4) is 0 Å². The molecule has 0 aliphatic rings. The first kappa shape index (κ1) is 6.03. The molecule has 0 radical (unpaired) electrons. The Kier molecular flexibility index (Phi) is 5.06. The van der Waals surface area contributed by atoms with E-state index in [1.165, 1.54) is 0 Å². The average Bonchev–Trinajstić information content (AvgIpc) is 1.61. The zero-order valence-electron chi connectivity index (χ0n) is 3.53. The molecule has 0 aromatic rings. The molecule has 0 unspecified atom stereocenters. The third kappa shape index (κ3) is 4.03. The fourth-order valence-corrected chi connectivity index (χ4v) is 0.295. The SMILES string of the molecule is CC#C/C=C/I. The van der Waals surface area contributed by atoms with Crippen LogP contribution < -0.4 is 0 Å². The summed E-state index contributed by atoms with van der Waals surface area (Å²) in [5.74, 6) is 5.49. The monoisotopic (exact) mass is 192 g/mol. The Hall–Kier alpha value is 0.0300. The predicted octanol–water partition coefficient (Wildman–Crippen LogP) is 1.96. The molecular weight excluding hydrogens is 187 g/mol. The number of hydrogen-bond donors (Lipinski definition) is 0. The molecule has 0 aromatic heterocycles. The summed E-state index contributed by atoms with van der Waals surface area (Å²) in [7, 11) is 0. The first-order valence-corrected chi connectivity index (χ1v) is 2.84. The Morgan fingerprint density at radius 3 is 2.50 bits per heavy atom. The molecule has 0 amide bonds. The summed E-state index contributed by atoms with van der Waals surface area (Å²) in [6.07, 6.45) is 1.81. The van der Waals surface area contributed by atoms with Crippen molar-refractivity contribution in [3.8, 4) is 11.8 Å². The summed E-state index contributed by atoms with van der Waals surface area (Å²) >= 11 is 2.13. The fraction of sp³-hybridized carbons (Fsp3) is 0.200. The van der Waals surface area contributed by atoms with E-state index in [-0.39, 0.29) is 0 Å². The van der Waals surface area contributed by atoms with Gasteiger partial charge in [-0.05, 0) is 17.1 Å². The van der Waals surface area contributed by atoms with E-state index in [4.69, 9.17) is 0 Å². The van der Waals surface area contributed by atoms with Gasteiger partial charge in [0.15, 0.2) is 0 Å². The minimum absolute atomic E-state index is 1.81. The average molecular weight is 192 g/mol. The first-order valence-electron chi connectivity index (χ1n) is 1.59. The largest absolute Gasteiger partial charge is 0.102 e. The van der Waals surface area contributed by atoms with Crippen molar-refractivity contribution in [3.05, 3.63) is 10.2 Å². The van der Waals surface area contributed by atoms with Gasteiger partial charge in [0.2, 0.25) is 0 Å². The zero-order valence-corrected chi connectivity index (χ0v) is 5.69. The summed E-state index contributed by atoms with van der Waals surface area (Å²) in [6, 6.07) is 0. The van der Waals surface area contributed by atoms with Crippen LogP contribution in [0.5, 0.6) is 0 Å². The van der Waals surface area contributed by atoms with Gasteiger partial charge < -0.3 is 0 Å². The molecular formula is C5H5I. The van der Waals surface area contributed by atoms with Crippen molar-refractivity contribution in [2.75, 3.05) is 0 Å². The van der Waals surface area contributed by atoms with E-state index in [9.17, 15) is 0 Å². The third-order valence-corrected chi connectivity index (χ3v) is 0.650. The highest BCUT2D eigenvalue weighted by molar-refractivity contribution is 14.1. The Morgan fingerprint density at radius 1 is 1.67 bits per heavy atom. The zero-order chi connectivity index (χ0) is 4.83. The third-order valence-electron chi connectivity index (χ3n) is 0.291. The van der Waals surface area contributed by atoms with E-state index in [1.54, 1.807) is 6.08 Å². The fourth-order valence-electron chi connectivity index (χ4n) is 0.115. The molecule has 0 N–H and O–H groups in total. The molecule has 32 valence electrons. The lowest BCUT2D eigenvalue weighted by molar-refractivity contribution is 1.91. The van der Waals surface area contributed by atoms with Gasteiger partial charge in [-0.3, -0.25) is 0 Å². The van der Waals surface area contributed by atoms with Crippen molar-refractivity contribution in [1.29, 1.82) is 0 Å². The molecule has 0 heterocycles. The Labute approximate surface area is 51.8 Å². The molecule has 0 nitrogen and oxygen atoms in total. The quantitative estimate of drug-likeness (QED) is 0.406. The summed E-state index contributed by atoms with van der Waals surface area (Å²) in [5, 5.41) is 0. The Morgan fingerprint density at radius 2 is 2.33 bits per heavy atom. The lowest BCUT2D eigenvalue weighted by Gasteiger charge is -1.54. The molecule has 0 spiro atoms. The normalized spacial score (nSPS) is 7.67. The second-order valence-electron chi connectivity index (χ2n) is 0.687. The summed E-state index contributed by atoms with van der Waals surface area (Å²) < 4.78 is 1.88. The molecule has 0 saturated carbocycles. The Bertz CT molecular complexity index is 92.2. The highest BCUT2D eigenvalue weighted by Gasteiger charge is 1.47. The molecule has 1 heteroatoms. The van der Waals surface area contributed by atoms with Gasteiger partial charge >= 0.3 is 0 Å². The summed E-state index contributed by atoms with van der Waals surface area (Å²) in [5.41, 5.74) is 0. The van der Waals surface area contributed by atoms with Crippen molar-refractivity contribution in [3.63, 3.8) is 0 Å². The van der Waals surface area contributed by atoms with Gasteiger partial charge in [0, 0.05) is 0 Å². The van der Waals surface area contributed by atoms with E-state index in [0.717, 1.165) is 0 Å². The number of hydrogen-bond acceptors (Lipinski definition) is 0. The van der Waals surface area contributed by atoms with Crippen molar-refractivity contribution < 1.29 is 0 Å². The minimum Gasteiger partial charge on any atom is -0.102 e. The van der Waals surface area contributed by atoms with Crippen LogP contribution in [0.4, 0.5) is 0 Å². The molecule has 0 saturated heterocycles. The predicted molar refractivity (Wildman–Crippen MR) is 36.6 cm³/mol. The maximum atomic E-state index is 2.76. The van der Waals surface area contributed by atoms with Crippen molar-refractivity contribution in [1.82, 2.24) is 0 Å². The van der Waals surface area contributed by atoms with Crippen LogP contribution in [0, 0.1) is 11.8 Å². The molecule has 0 atom stereocenters. The number of allylic oxidation sites excluding steroid dienone is 1. The van der Waals surface area contributed by atoms with E-state index >= 15 is 0 Å². The lowest BCUT2D eigenvalue weighted by Crippen LogP contribution is -1.38. The van der Waals surface area contributed by atoms with Crippen molar-refractivity contribution in [2.45, 2.75) is 6.92 Å². The van der Waals surface area contributed by atoms with E-state index in [1.807, 2.05) is 11.0 Å². The second-order valence-corrected chi connectivity index (χ2v) is 1.41. The van der Waals surface area contributed by atoms with Gasteiger partial charge in [-0.1, -0.05) is 28.5 Å². The van der Waals surface area contributed by atoms with Gasteiger partial charge in [0.05, 0.1) is 0 Å². The summed E-state index contributed by atoms with van der Waals surface area (Å²) in [6.45, 7) is 1.82. The molecule has 0 aromatic carbocycles. The maximum Gasteiger partial charge on any atom is -0.00235 e. The van der Waals surface area contributed by atoms with Crippen LogP contribution in [0.1, 0.15) is 6.92 Å². The van der Waals surface area contributed by atoms with Crippen LogP contribution in [-0.2, 0) is 0 Å². The minimum atomic E-state index is 1.81. The van der Waals surface area contributed by atoms with Crippen LogP contribution in [-0.4, -0.2) is 0 Å². The van der Waals surface area contributed by atoms with Gasteiger partial charge in [-0.2, -0.15) is 0 Å². The molecule has 0 aliphatic heterocycles. The molecule has 0 fully saturated rings. The topological polar surface area (TPSA) is 0 Å². The summed E-state index contributed by atoms with van der Waals surface area (Å²) in [4.78, 5) is 0. The highest BCUT2D eigenvalue weighted by Crippen LogP contribution is 1.79. The van der Waals surface area contributed by atoms with Gasteiger partial charge in [0.1, 0.15) is 0 Å².